The van der Waals surface area contributed by atoms with Gasteiger partial charge in [0.25, 0.3) is 0 Å². The van der Waals surface area contributed by atoms with E-state index in [0.717, 1.165) is 11.2 Å². The number of hydrogen-bond acceptors (Lipinski definition) is 2. The average Bonchev–Trinajstić information content (AvgIpc) is 2.28. The molecule has 2 rings (SSSR count). The van der Waals surface area contributed by atoms with E-state index in [1.54, 1.807) is 0 Å². The summed E-state index contributed by atoms with van der Waals surface area (Å²) in [6.07, 6.45) is 0. The Morgan fingerprint density at radius 2 is 2.06 bits per heavy atom. The highest BCUT2D eigenvalue weighted by Crippen LogP contribution is 2.24. The molecule has 0 aliphatic heterocycles. The quantitative estimate of drug-likeness (QED) is 0.834. The normalized spacial score (nSPS) is 11.3. The first-order chi connectivity index (χ1) is 7.63. The molecule has 2 N–H and O–H groups in total. The number of aryl methyl sites for hydroxylation is 1. The average molecular weight is 214 g/mol. The number of pyridine rings is 1. The standard InChI is InChI=1S/C14H18N2/c1-9(2)13-7-11(8-15)12-6-4-5-10(3)14(12)16-13/h4-7,9H,8,15H2,1-3H3. The predicted molar refractivity (Wildman–Crippen MR) is 68.5 cm³/mol. The molecule has 84 valence electrons. The Balaban J connectivity index is 2.79. The van der Waals surface area contributed by atoms with Crippen molar-refractivity contribution in [1.29, 1.82) is 0 Å². The zero-order chi connectivity index (χ0) is 11.7. The molecule has 16 heavy (non-hydrogen) atoms. The Morgan fingerprint density at radius 3 is 2.69 bits per heavy atom. The highest BCUT2D eigenvalue weighted by molar-refractivity contribution is 5.85. The maximum atomic E-state index is 5.81. The summed E-state index contributed by atoms with van der Waals surface area (Å²) in [6, 6.07) is 8.39. The molecule has 1 heterocycles. The molecule has 0 unspecified atom stereocenters. The first kappa shape index (κ1) is 11.1. The summed E-state index contributed by atoms with van der Waals surface area (Å²) in [5.74, 6) is 0.439. The fraction of sp³-hybridized carbons (Fsp3) is 0.357. The first-order valence-corrected chi connectivity index (χ1v) is 5.72. The molecule has 0 atom stereocenters. The lowest BCUT2D eigenvalue weighted by Crippen LogP contribution is -2.03. The Morgan fingerprint density at radius 1 is 1.31 bits per heavy atom. The number of aromatic nitrogens is 1. The van der Waals surface area contributed by atoms with E-state index in [1.807, 2.05) is 0 Å². The molecule has 0 saturated carbocycles. The number of nitrogens with two attached hydrogens (primary N) is 1. The molecule has 0 bridgehead atoms. The SMILES string of the molecule is Cc1cccc2c(CN)cc(C(C)C)nc12. The zero-order valence-corrected chi connectivity index (χ0v) is 10.1. The summed E-state index contributed by atoms with van der Waals surface area (Å²) in [5, 5.41) is 1.19. The van der Waals surface area contributed by atoms with Gasteiger partial charge in [0.1, 0.15) is 0 Å². The van der Waals surface area contributed by atoms with Gasteiger partial charge in [-0.3, -0.25) is 4.98 Å². The molecule has 0 amide bonds. The van der Waals surface area contributed by atoms with E-state index in [-0.39, 0.29) is 0 Å². The first-order valence-electron chi connectivity index (χ1n) is 5.72. The van der Waals surface area contributed by atoms with E-state index in [2.05, 4.69) is 45.0 Å². The lowest BCUT2D eigenvalue weighted by atomic mass is 10.0. The van der Waals surface area contributed by atoms with Crippen LogP contribution in [0.1, 0.15) is 36.6 Å². The molecule has 1 aromatic carbocycles. The van der Waals surface area contributed by atoms with Crippen molar-refractivity contribution in [3.8, 4) is 0 Å². The van der Waals surface area contributed by atoms with Gasteiger partial charge in [-0.1, -0.05) is 32.0 Å². The van der Waals surface area contributed by atoms with Gasteiger partial charge in [0.05, 0.1) is 5.52 Å². The smallest absolute Gasteiger partial charge is 0.0737 e. The van der Waals surface area contributed by atoms with Crippen molar-refractivity contribution in [2.24, 2.45) is 5.73 Å². The van der Waals surface area contributed by atoms with Gasteiger partial charge in [0.15, 0.2) is 0 Å². The molecule has 1 aromatic heterocycles. The number of rotatable bonds is 2. The second-order valence-corrected chi connectivity index (χ2v) is 4.54. The van der Waals surface area contributed by atoms with Gasteiger partial charge >= 0.3 is 0 Å². The Kier molecular flexibility index (Phi) is 2.92. The minimum absolute atomic E-state index is 0.439. The van der Waals surface area contributed by atoms with Crippen LogP contribution in [0.4, 0.5) is 0 Å². The Hall–Kier alpha value is -1.41. The van der Waals surface area contributed by atoms with E-state index in [0.29, 0.717) is 12.5 Å². The van der Waals surface area contributed by atoms with Gasteiger partial charge in [-0.25, -0.2) is 0 Å². The predicted octanol–water partition coefficient (Wildman–Crippen LogP) is 3.13. The summed E-state index contributed by atoms with van der Waals surface area (Å²) >= 11 is 0. The van der Waals surface area contributed by atoms with Crippen LogP contribution in [0.3, 0.4) is 0 Å². The van der Waals surface area contributed by atoms with E-state index in [9.17, 15) is 0 Å². The topological polar surface area (TPSA) is 38.9 Å². The molecule has 2 aromatic rings. The molecule has 0 aliphatic rings. The molecule has 0 saturated heterocycles. The van der Waals surface area contributed by atoms with Gasteiger partial charge in [-0.05, 0) is 30.0 Å². The van der Waals surface area contributed by atoms with Crippen molar-refractivity contribution in [3.63, 3.8) is 0 Å². The van der Waals surface area contributed by atoms with E-state index >= 15 is 0 Å². The van der Waals surface area contributed by atoms with Crippen molar-refractivity contribution in [2.45, 2.75) is 33.2 Å². The summed E-state index contributed by atoms with van der Waals surface area (Å²) < 4.78 is 0. The molecule has 2 nitrogen and oxygen atoms in total. The van der Waals surface area contributed by atoms with Crippen molar-refractivity contribution in [3.05, 3.63) is 41.1 Å². The van der Waals surface area contributed by atoms with Crippen LogP contribution in [-0.2, 0) is 6.54 Å². The number of fused-ring (bicyclic) bond motifs is 1. The lowest BCUT2D eigenvalue weighted by Gasteiger charge is -2.11. The molecule has 0 aliphatic carbocycles. The van der Waals surface area contributed by atoms with Gasteiger partial charge < -0.3 is 5.73 Å². The third kappa shape index (κ3) is 1.81. The number of para-hydroxylation sites is 1. The summed E-state index contributed by atoms with van der Waals surface area (Å²) in [4.78, 5) is 4.73. The van der Waals surface area contributed by atoms with E-state index in [1.165, 1.54) is 16.5 Å². The highest BCUT2D eigenvalue weighted by atomic mass is 14.7. The van der Waals surface area contributed by atoms with E-state index in [4.69, 9.17) is 10.7 Å². The van der Waals surface area contributed by atoms with E-state index < -0.39 is 0 Å². The lowest BCUT2D eigenvalue weighted by molar-refractivity contribution is 0.825. The van der Waals surface area contributed by atoms with Gasteiger partial charge in [0.2, 0.25) is 0 Å². The van der Waals surface area contributed by atoms with Crippen molar-refractivity contribution in [1.82, 2.24) is 4.98 Å². The minimum atomic E-state index is 0.439. The largest absolute Gasteiger partial charge is 0.326 e. The van der Waals surface area contributed by atoms with Crippen LogP contribution < -0.4 is 5.73 Å². The van der Waals surface area contributed by atoms with Crippen molar-refractivity contribution >= 4 is 10.9 Å². The fourth-order valence-electron chi connectivity index (χ4n) is 1.95. The third-order valence-electron chi connectivity index (χ3n) is 2.96. The highest BCUT2D eigenvalue weighted by Gasteiger charge is 2.08. The second kappa shape index (κ2) is 4.22. The molecule has 0 fully saturated rings. The van der Waals surface area contributed by atoms with Crippen molar-refractivity contribution in [2.75, 3.05) is 0 Å². The fourth-order valence-corrected chi connectivity index (χ4v) is 1.95. The number of hydrogen-bond donors (Lipinski definition) is 1. The van der Waals surface area contributed by atoms with Crippen LogP contribution in [0, 0.1) is 6.92 Å². The summed E-state index contributed by atoms with van der Waals surface area (Å²) in [5.41, 5.74) is 10.4. The monoisotopic (exact) mass is 214 g/mol. The molecular formula is C14H18N2. The van der Waals surface area contributed by atoms with Crippen molar-refractivity contribution < 1.29 is 0 Å². The maximum absolute atomic E-state index is 5.81. The van der Waals surface area contributed by atoms with Gasteiger partial charge in [-0.15, -0.1) is 0 Å². The van der Waals surface area contributed by atoms with Crippen LogP contribution in [-0.4, -0.2) is 4.98 Å². The van der Waals surface area contributed by atoms with Crippen LogP contribution in [0.5, 0.6) is 0 Å². The Bertz CT molecular complexity index is 515. The molecular weight excluding hydrogens is 196 g/mol. The van der Waals surface area contributed by atoms with Gasteiger partial charge in [0, 0.05) is 17.6 Å². The minimum Gasteiger partial charge on any atom is -0.326 e. The van der Waals surface area contributed by atoms with Gasteiger partial charge in [-0.2, -0.15) is 0 Å². The van der Waals surface area contributed by atoms with Crippen LogP contribution >= 0.6 is 0 Å². The summed E-state index contributed by atoms with van der Waals surface area (Å²) in [6.45, 7) is 6.99. The van der Waals surface area contributed by atoms with Crippen LogP contribution in [0.25, 0.3) is 10.9 Å². The molecule has 0 spiro atoms. The molecule has 0 radical (unpaired) electrons. The maximum Gasteiger partial charge on any atom is 0.0737 e. The molecule has 2 heteroatoms. The zero-order valence-electron chi connectivity index (χ0n) is 10.1. The summed E-state index contributed by atoms with van der Waals surface area (Å²) in [7, 11) is 0. The second-order valence-electron chi connectivity index (χ2n) is 4.54. The Labute approximate surface area is 96.5 Å². The number of benzene rings is 1. The van der Waals surface area contributed by atoms with Crippen LogP contribution in [0.2, 0.25) is 0 Å². The third-order valence-corrected chi connectivity index (χ3v) is 2.96. The number of nitrogens with zero attached hydrogens (tertiary/aromatic N) is 1. The van der Waals surface area contributed by atoms with Crippen LogP contribution in [0.15, 0.2) is 24.3 Å².